The van der Waals surface area contributed by atoms with Crippen LogP contribution in [0.4, 0.5) is 4.39 Å². The second-order valence-corrected chi connectivity index (χ2v) is 6.98. The third-order valence-corrected chi connectivity index (χ3v) is 5.31. The third kappa shape index (κ3) is 4.37. The Morgan fingerprint density at radius 1 is 1.08 bits per heavy atom. The fourth-order valence-electron chi connectivity index (χ4n) is 3.80. The lowest BCUT2D eigenvalue weighted by Crippen LogP contribution is -2.40. The van der Waals surface area contributed by atoms with Crippen molar-refractivity contribution in [3.63, 3.8) is 0 Å². The molecule has 5 nitrogen and oxygen atoms in total. The molecular formula is C19H24FNO4. The number of amides is 1. The molecule has 0 bridgehead atoms. The molecule has 0 aromatic heterocycles. The Bertz CT molecular complexity index is 604. The van der Waals surface area contributed by atoms with E-state index in [4.69, 9.17) is 9.84 Å². The van der Waals surface area contributed by atoms with Gasteiger partial charge < -0.3 is 15.2 Å². The summed E-state index contributed by atoms with van der Waals surface area (Å²) in [6, 6.07) is 5.85. The number of nitrogens with one attached hydrogen (secondary N) is 1. The molecule has 1 saturated heterocycles. The van der Waals surface area contributed by atoms with E-state index in [1.165, 1.54) is 12.1 Å². The van der Waals surface area contributed by atoms with Crippen LogP contribution in [0.5, 0.6) is 0 Å². The van der Waals surface area contributed by atoms with Crippen LogP contribution in [0.2, 0.25) is 0 Å². The molecule has 1 aromatic carbocycles. The maximum absolute atomic E-state index is 13.2. The number of aliphatic carboxylic acids is 1. The van der Waals surface area contributed by atoms with Gasteiger partial charge in [0.25, 0.3) is 0 Å². The molecule has 6 heteroatoms. The van der Waals surface area contributed by atoms with E-state index in [0.29, 0.717) is 32.3 Å². The third-order valence-electron chi connectivity index (χ3n) is 5.31. The number of carbonyl (C=O) groups excluding carboxylic acids is 1. The molecule has 1 heterocycles. The fourth-order valence-corrected chi connectivity index (χ4v) is 3.80. The Hall–Kier alpha value is -1.95. The van der Waals surface area contributed by atoms with Gasteiger partial charge in [-0.2, -0.15) is 0 Å². The average molecular weight is 349 g/mol. The summed E-state index contributed by atoms with van der Waals surface area (Å²) in [7, 11) is 0. The van der Waals surface area contributed by atoms with Crippen molar-refractivity contribution in [1.29, 1.82) is 0 Å². The molecule has 25 heavy (non-hydrogen) atoms. The molecule has 2 aliphatic rings. The van der Waals surface area contributed by atoms with Crippen molar-refractivity contribution in [2.75, 3.05) is 6.61 Å². The SMILES string of the molecule is O=C(O)C1CCC(C(=O)NC(c2ccc(F)cc2)C2CCCO2)CC1. The van der Waals surface area contributed by atoms with E-state index in [2.05, 4.69) is 5.32 Å². The Labute approximate surface area is 146 Å². The number of benzene rings is 1. The molecule has 2 N–H and O–H groups in total. The van der Waals surface area contributed by atoms with Gasteiger partial charge in [0.15, 0.2) is 0 Å². The van der Waals surface area contributed by atoms with Gasteiger partial charge in [0, 0.05) is 12.5 Å². The first-order valence-electron chi connectivity index (χ1n) is 8.95. The number of halogens is 1. The average Bonchev–Trinajstić information content (AvgIpc) is 3.15. The predicted octanol–water partition coefficient (Wildman–Crippen LogP) is 3.05. The second-order valence-electron chi connectivity index (χ2n) is 6.98. The second kappa shape index (κ2) is 7.95. The first-order valence-corrected chi connectivity index (χ1v) is 8.95. The highest BCUT2D eigenvalue weighted by Gasteiger charge is 2.33. The Balaban J connectivity index is 1.66. The Morgan fingerprint density at radius 3 is 2.28 bits per heavy atom. The van der Waals surface area contributed by atoms with Crippen LogP contribution in [-0.4, -0.2) is 29.7 Å². The van der Waals surface area contributed by atoms with Gasteiger partial charge >= 0.3 is 5.97 Å². The van der Waals surface area contributed by atoms with E-state index in [9.17, 15) is 14.0 Å². The number of carboxylic acids is 1. The number of carboxylic acid groups (broad SMARTS) is 1. The van der Waals surface area contributed by atoms with Crippen molar-refractivity contribution < 1.29 is 23.8 Å². The summed E-state index contributed by atoms with van der Waals surface area (Å²) in [6.45, 7) is 0.669. The lowest BCUT2D eigenvalue weighted by atomic mass is 9.81. The summed E-state index contributed by atoms with van der Waals surface area (Å²) < 4.78 is 19.0. The summed E-state index contributed by atoms with van der Waals surface area (Å²) in [5.74, 6) is -1.65. The fraction of sp³-hybridized carbons (Fsp3) is 0.579. The van der Waals surface area contributed by atoms with Crippen LogP contribution >= 0.6 is 0 Å². The minimum Gasteiger partial charge on any atom is -0.481 e. The van der Waals surface area contributed by atoms with Crippen molar-refractivity contribution >= 4 is 11.9 Å². The minimum absolute atomic E-state index is 0.0614. The summed E-state index contributed by atoms with van der Waals surface area (Å²) in [5.41, 5.74) is 0.834. The molecule has 1 aromatic rings. The molecule has 136 valence electrons. The zero-order valence-corrected chi connectivity index (χ0v) is 14.1. The van der Waals surface area contributed by atoms with E-state index < -0.39 is 5.97 Å². The van der Waals surface area contributed by atoms with Gasteiger partial charge in [-0.3, -0.25) is 9.59 Å². The zero-order valence-electron chi connectivity index (χ0n) is 14.1. The van der Waals surface area contributed by atoms with Crippen molar-refractivity contribution in [3.8, 4) is 0 Å². The van der Waals surface area contributed by atoms with Crippen LogP contribution in [0.3, 0.4) is 0 Å². The van der Waals surface area contributed by atoms with Crippen molar-refractivity contribution in [2.45, 2.75) is 50.7 Å². The summed E-state index contributed by atoms with van der Waals surface area (Å²) in [5, 5.41) is 12.2. The highest BCUT2D eigenvalue weighted by molar-refractivity contribution is 5.80. The van der Waals surface area contributed by atoms with E-state index in [1.807, 2.05) is 0 Å². The van der Waals surface area contributed by atoms with Gasteiger partial charge in [0.05, 0.1) is 18.1 Å². The van der Waals surface area contributed by atoms with Crippen molar-refractivity contribution in [3.05, 3.63) is 35.6 Å². The lowest BCUT2D eigenvalue weighted by molar-refractivity contribution is -0.144. The number of hydrogen-bond acceptors (Lipinski definition) is 3. The highest BCUT2D eigenvalue weighted by Crippen LogP contribution is 2.31. The topological polar surface area (TPSA) is 75.6 Å². The van der Waals surface area contributed by atoms with Gasteiger partial charge in [-0.25, -0.2) is 4.39 Å². The molecular weight excluding hydrogens is 325 g/mol. The van der Waals surface area contributed by atoms with Crippen LogP contribution in [0.1, 0.15) is 50.1 Å². The van der Waals surface area contributed by atoms with Crippen LogP contribution in [0.15, 0.2) is 24.3 Å². The summed E-state index contributed by atoms with van der Waals surface area (Å²) in [4.78, 5) is 23.7. The van der Waals surface area contributed by atoms with Gasteiger partial charge in [0.2, 0.25) is 5.91 Å². The van der Waals surface area contributed by atoms with Gasteiger partial charge in [-0.1, -0.05) is 12.1 Å². The van der Waals surface area contributed by atoms with Gasteiger partial charge in [-0.15, -0.1) is 0 Å². The molecule has 2 fully saturated rings. The van der Waals surface area contributed by atoms with Gasteiger partial charge in [-0.05, 0) is 56.2 Å². The Morgan fingerprint density at radius 2 is 1.72 bits per heavy atom. The minimum atomic E-state index is -0.776. The maximum atomic E-state index is 13.2. The van der Waals surface area contributed by atoms with Crippen LogP contribution in [0, 0.1) is 17.7 Å². The maximum Gasteiger partial charge on any atom is 0.306 e. The summed E-state index contributed by atoms with van der Waals surface area (Å²) in [6.07, 6.45) is 3.94. The zero-order chi connectivity index (χ0) is 17.8. The summed E-state index contributed by atoms with van der Waals surface area (Å²) >= 11 is 0. The monoisotopic (exact) mass is 349 g/mol. The normalized spacial score (nSPS) is 27.6. The predicted molar refractivity (Wildman–Crippen MR) is 89.3 cm³/mol. The number of hydrogen-bond donors (Lipinski definition) is 2. The molecule has 2 unspecified atom stereocenters. The Kier molecular flexibility index (Phi) is 5.68. The first kappa shape index (κ1) is 17.9. The molecule has 1 amide bonds. The number of rotatable bonds is 5. The lowest BCUT2D eigenvalue weighted by Gasteiger charge is -2.30. The van der Waals surface area contributed by atoms with E-state index in [1.54, 1.807) is 12.1 Å². The smallest absolute Gasteiger partial charge is 0.306 e. The molecule has 0 spiro atoms. The number of carbonyl (C=O) groups is 2. The number of ether oxygens (including phenoxy) is 1. The van der Waals surface area contributed by atoms with E-state index in [0.717, 1.165) is 18.4 Å². The largest absolute Gasteiger partial charge is 0.481 e. The molecule has 0 radical (unpaired) electrons. The first-order chi connectivity index (χ1) is 12.0. The van der Waals surface area contributed by atoms with Crippen molar-refractivity contribution in [2.24, 2.45) is 11.8 Å². The highest BCUT2D eigenvalue weighted by atomic mass is 19.1. The molecule has 1 saturated carbocycles. The molecule has 2 atom stereocenters. The van der Waals surface area contributed by atoms with E-state index in [-0.39, 0.29) is 35.7 Å². The molecule has 3 rings (SSSR count). The molecule has 1 aliphatic heterocycles. The van der Waals surface area contributed by atoms with E-state index >= 15 is 0 Å². The van der Waals surface area contributed by atoms with Crippen molar-refractivity contribution in [1.82, 2.24) is 5.32 Å². The quantitative estimate of drug-likeness (QED) is 0.857. The van der Waals surface area contributed by atoms with Crippen LogP contribution in [0.25, 0.3) is 0 Å². The standard InChI is InChI=1S/C19H24FNO4/c20-15-9-7-12(8-10-15)17(16-2-1-11-25-16)21-18(22)13-3-5-14(6-4-13)19(23)24/h7-10,13-14,16-17H,1-6,11H2,(H,21,22)(H,23,24). The van der Waals surface area contributed by atoms with Crippen LogP contribution < -0.4 is 5.32 Å². The van der Waals surface area contributed by atoms with Crippen LogP contribution in [-0.2, 0) is 14.3 Å². The molecule has 1 aliphatic carbocycles. The van der Waals surface area contributed by atoms with Gasteiger partial charge in [0.1, 0.15) is 5.82 Å².